The van der Waals surface area contributed by atoms with Crippen LogP contribution in [0.15, 0.2) is 95.6 Å². The molecule has 0 atom stereocenters. The van der Waals surface area contributed by atoms with Gasteiger partial charge in [0.05, 0.1) is 59.1 Å². The van der Waals surface area contributed by atoms with E-state index in [2.05, 4.69) is 141 Å². The summed E-state index contributed by atoms with van der Waals surface area (Å²) in [5.41, 5.74) is 9.97. The number of aliphatic carboxylic acids is 1. The highest BCUT2D eigenvalue weighted by Gasteiger charge is 2.45. The Bertz CT molecular complexity index is 2210. The van der Waals surface area contributed by atoms with E-state index in [1.807, 2.05) is 18.2 Å². The lowest BCUT2D eigenvalue weighted by molar-refractivity contribution is -0.876. The molecule has 0 bridgehead atoms. The van der Waals surface area contributed by atoms with E-state index in [0.717, 1.165) is 75.2 Å². The third-order valence-corrected chi connectivity index (χ3v) is 12.0. The van der Waals surface area contributed by atoms with Crippen LogP contribution >= 0.6 is 0 Å². The number of carboxylic acids is 1. The monoisotopic (exact) mass is 783 g/mol. The van der Waals surface area contributed by atoms with Gasteiger partial charge >= 0.3 is 5.97 Å². The molecule has 9 nitrogen and oxygen atoms in total. The van der Waals surface area contributed by atoms with Crippen LogP contribution in [0.2, 0.25) is 0 Å². The number of benzene rings is 3. The first-order valence-corrected chi connectivity index (χ1v) is 21.0. The van der Waals surface area contributed by atoms with Crippen LogP contribution in [0.1, 0.15) is 68.4 Å². The average Bonchev–Trinajstić information content (AvgIpc) is 3.43. The van der Waals surface area contributed by atoms with Crippen molar-refractivity contribution >= 4 is 38.7 Å². The number of allylic oxidation sites excluding steroid dienone is 6. The van der Waals surface area contributed by atoms with Gasteiger partial charge in [0.1, 0.15) is 6.54 Å². The minimum atomic E-state index is -4.39. The Balaban J connectivity index is 1.67. The van der Waals surface area contributed by atoms with Crippen LogP contribution in [0.4, 0.5) is 11.4 Å². The van der Waals surface area contributed by atoms with Gasteiger partial charge in [-0.25, -0.2) is 0 Å². The molecule has 56 heavy (non-hydrogen) atoms. The average molecular weight is 784 g/mol. The minimum absolute atomic E-state index is 0.0729. The summed E-state index contributed by atoms with van der Waals surface area (Å²) in [4.78, 5) is 13.5. The van der Waals surface area contributed by atoms with Crippen LogP contribution in [0, 0.1) is 6.92 Å². The molecule has 2 N–H and O–H groups in total. The number of carboxylic acid groups (broad SMARTS) is 1. The van der Waals surface area contributed by atoms with Crippen molar-refractivity contribution < 1.29 is 36.4 Å². The van der Waals surface area contributed by atoms with E-state index in [1.165, 1.54) is 28.6 Å². The molecule has 300 valence electrons. The Labute approximate surface area is 335 Å². The summed E-state index contributed by atoms with van der Waals surface area (Å²) in [6.45, 7) is 14.5. The Morgan fingerprint density at radius 2 is 1.52 bits per heavy atom. The van der Waals surface area contributed by atoms with Crippen molar-refractivity contribution in [3.8, 4) is 0 Å². The molecule has 0 spiro atoms. The molecule has 3 aromatic carbocycles. The lowest BCUT2D eigenvalue weighted by atomic mass is 9.80. The van der Waals surface area contributed by atoms with Crippen molar-refractivity contribution in [3.05, 3.63) is 118 Å². The zero-order chi connectivity index (χ0) is 41.4. The fourth-order valence-electron chi connectivity index (χ4n) is 7.89. The van der Waals surface area contributed by atoms with Crippen LogP contribution in [-0.2, 0) is 32.2 Å². The fourth-order valence-corrected chi connectivity index (χ4v) is 8.40. The molecular formula is C46H63N4O5S+3. The standard InChI is InChI=1S/C46H61N4O5S/c1-33-13-22-40-38(31-33)45(2,3)43(48(40)28-30-50(9,10)11)25-20-36(35-17-14-34(15-18-35)16-26-44(51)52)19-24-42-46(4,5)39-32-37(56(53,54)55)21-23-41(39)47(42)27-12-29-49(6,7)8/h13-15,17-25,31-32H,12,16,26-30H2,1-11H3/q+1/p+2. The summed E-state index contributed by atoms with van der Waals surface area (Å²) in [5, 5.41) is 9.29. The van der Waals surface area contributed by atoms with Crippen molar-refractivity contribution in [1.29, 1.82) is 0 Å². The molecular weight excluding hydrogens is 721 g/mol. The highest BCUT2D eigenvalue weighted by Crippen LogP contribution is 2.49. The quantitative estimate of drug-likeness (QED) is 0.0709. The van der Waals surface area contributed by atoms with Crippen LogP contribution < -0.4 is 4.90 Å². The molecule has 2 aliphatic heterocycles. The summed E-state index contributed by atoms with van der Waals surface area (Å²) in [6, 6.07) is 19.8. The smallest absolute Gasteiger partial charge is 0.303 e. The number of hydrogen-bond acceptors (Lipinski definition) is 4. The van der Waals surface area contributed by atoms with Gasteiger partial charge in [-0.15, -0.1) is 0 Å². The lowest BCUT2D eigenvalue weighted by Gasteiger charge is -2.29. The first kappa shape index (κ1) is 42.8. The van der Waals surface area contributed by atoms with Gasteiger partial charge in [0.15, 0.2) is 12.3 Å². The Morgan fingerprint density at radius 1 is 0.857 bits per heavy atom. The molecule has 2 heterocycles. The number of anilines is 1. The highest BCUT2D eigenvalue weighted by atomic mass is 32.2. The zero-order valence-electron chi connectivity index (χ0n) is 35.3. The normalized spacial score (nSPS) is 17.6. The Kier molecular flexibility index (Phi) is 12.1. The molecule has 0 fully saturated rings. The van der Waals surface area contributed by atoms with Crippen LogP contribution in [0.25, 0.3) is 5.57 Å². The summed E-state index contributed by atoms with van der Waals surface area (Å²) in [7, 11) is 8.81. The number of carbonyl (C=O) groups is 1. The minimum Gasteiger partial charge on any atom is -0.481 e. The SMILES string of the molecule is Cc1ccc2c(c1)C(C)(C)C(/C=C/C(=C/C=C1/N(CCC[N+](C)(C)C)c3ccc(S(=O)(=O)O)cc3C1(C)C)c1ccc(CCC(=O)O)cc1)=[N+]2CC[N+](C)(C)C. The number of quaternary nitrogens is 2. The second kappa shape index (κ2) is 15.9. The molecule has 0 amide bonds. The van der Waals surface area contributed by atoms with Gasteiger partial charge < -0.3 is 19.0 Å². The van der Waals surface area contributed by atoms with Gasteiger partial charge in [-0.05, 0) is 85.9 Å². The van der Waals surface area contributed by atoms with E-state index in [9.17, 15) is 22.9 Å². The zero-order valence-corrected chi connectivity index (χ0v) is 36.2. The van der Waals surface area contributed by atoms with Crippen molar-refractivity contribution in [2.45, 2.75) is 69.6 Å². The van der Waals surface area contributed by atoms with Crippen LogP contribution in [-0.4, -0.2) is 112 Å². The number of hydrogen-bond donors (Lipinski definition) is 2. The Morgan fingerprint density at radius 3 is 2.12 bits per heavy atom. The van der Waals surface area contributed by atoms with E-state index >= 15 is 0 Å². The Hall–Kier alpha value is -4.35. The van der Waals surface area contributed by atoms with Gasteiger partial charge in [0.2, 0.25) is 5.69 Å². The van der Waals surface area contributed by atoms with Crippen LogP contribution in [0.5, 0.6) is 0 Å². The van der Waals surface area contributed by atoms with Gasteiger partial charge in [-0.1, -0.05) is 55.8 Å². The topological polar surface area (TPSA) is 97.9 Å². The van der Waals surface area contributed by atoms with E-state index in [0.29, 0.717) is 6.42 Å². The molecule has 3 aromatic rings. The maximum absolute atomic E-state index is 12.3. The number of likely N-dealkylation sites (N-methyl/N-ethyl adjacent to an activating group) is 1. The maximum atomic E-state index is 12.3. The van der Waals surface area contributed by atoms with Crippen LogP contribution in [0.3, 0.4) is 0 Å². The largest absolute Gasteiger partial charge is 0.481 e. The predicted molar refractivity (Wildman–Crippen MR) is 229 cm³/mol. The third kappa shape index (κ3) is 9.77. The van der Waals surface area contributed by atoms with Crippen molar-refractivity contribution in [2.24, 2.45) is 0 Å². The number of rotatable bonds is 15. The molecule has 10 heteroatoms. The maximum Gasteiger partial charge on any atom is 0.303 e. The third-order valence-electron chi connectivity index (χ3n) is 11.2. The predicted octanol–water partition coefficient (Wildman–Crippen LogP) is 7.76. The summed E-state index contributed by atoms with van der Waals surface area (Å²) in [6.07, 6.45) is 10.2. The molecule has 0 saturated carbocycles. The first-order chi connectivity index (χ1) is 25.9. The second-order valence-corrected chi connectivity index (χ2v) is 20.0. The fraction of sp³-hybridized carbons (Fsp3) is 0.435. The van der Waals surface area contributed by atoms with E-state index < -0.39 is 21.5 Å². The molecule has 2 aliphatic rings. The molecule has 0 aliphatic carbocycles. The second-order valence-electron chi connectivity index (χ2n) is 18.6. The van der Waals surface area contributed by atoms with E-state index in [1.54, 1.807) is 6.07 Å². The molecule has 0 radical (unpaired) electrons. The highest BCUT2D eigenvalue weighted by molar-refractivity contribution is 7.85. The molecule has 0 aromatic heterocycles. The van der Waals surface area contributed by atoms with Gasteiger partial charge in [0, 0.05) is 53.9 Å². The summed E-state index contributed by atoms with van der Waals surface area (Å²) >= 11 is 0. The lowest BCUT2D eigenvalue weighted by Crippen LogP contribution is -2.40. The first-order valence-electron chi connectivity index (χ1n) is 19.6. The van der Waals surface area contributed by atoms with Crippen molar-refractivity contribution in [3.63, 3.8) is 0 Å². The van der Waals surface area contributed by atoms with Crippen molar-refractivity contribution in [2.75, 3.05) is 73.4 Å². The van der Waals surface area contributed by atoms with E-state index in [4.69, 9.17) is 0 Å². The number of nitrogens with zero attached hydrogens (tertiary/aromatic N) is 4. The molecule has 5 rings (SSSR count). The van der Waals surface area contributed by atoms with Gasteiger partial charge in [0.25, 0.3) is 10.1 Å². The summed E-state index contributed by atoms with van der Waals surface area (Å²) < 4.78 is 38.6. The molecule has 0 unspecified atom stereocenters. The van der Waals surface area contributed by atoms with Gasteiger partial charge in [-0.3, -0.25) is 9.35 Å². The number of fused-ring (bicyclic) bond motifs is 2. The van der Waals surface area contributed by atoms with Crippen molar-refractivity contribution in [1.82, 2.24) is 0 Å². The van der Waals surface area contributed by atoms with E-state index in [-0.39, 0.29) is 16.7 Å². The summed E-state index contributed by atoms with van der Waals surface area (Å²) in [5.74, 6) is -0.818. The van der Waals surface area contributed by atoms with Gasteiger partial charge in [-0.2, -0.15) is 13.0 Å². The number of aryl methyl sites for hydroxylation is 2. The molecule has 0 saturated heterocycles.